The molecule has 0 N–H and O–H groups in total. The summed E-state index contributed by atoms with van der Waals surface area (Å²) in [5.74, 6) is 2.05. The molecule has 0 aliphatic rings. The van der Waals surface area contributed by atoms with Crippen LogP contribution >= 0.6 is 11.8 Å². The molecule has 23 heavy (non-hydrogen) atoms. The molecule has 0 aliphatic heterocycles. The summed E-state index contributed by atoms with van der Waals surface area (Å²) in [5.41, 5.74) is 0.598. The molecule has 0 fully saturated rings. The monoisotopic (exact) mass is 334 g/mol. The normalized spacial score (nSPS) is 10.3. The molecule has 0 atom stereocenters. The lowest BCUT2D eigenvalue weighted by atomic mass is 10.1. The molecular weight excluding hydrogens is 315 g/mol. The van der Waals surface area contributed by atoms with E-state index in [0.29, 0.717) is 24.5 Å². The Hall–Kier alpha value is -2.01. The molecule has 0 radical (unpaired) electrons. The van der Waals surface area contributed by atoms with E-state index in [9.17, 15) is 9.18 Å². The van der Waals surface area contributed by atoms with Crippen molar-refractivity contribution < 1.29 is 18.7 Å². The molecule has 0 saturated heterocycles. The minimum Gasteiger partial charge on any atom is -0.492 e. The number of hydrogen-bond donors (Lipinski definition) is 0. The predicted molar refractivity (Wildman–Crippen MR) is 91.2 cm³/mol. The van der Waals surface area contributed by atoms with E-state index < -0.39 is 0 Å². The van der Waals surface area contributed by atoms with E-state index in [1.165, 1.54) is 13.0 Å². The van der Waals surface area contributed by atoms with Crippen LogP contribution in [0.5, 0.6) is 11.5 Å². The Morgan fingerprint density at radius 1 is 0.957 bits per heavy atom. The van der Waals surface area contributed by atoms with Crippen molar-refractivity contribution in [1.29, 1.82) is 0 Å². The zero-order valence-electron chi connectivity index (χ0n) is 13.0. The van der Waals surface area contributed by atoms with Gasteiger partial charge in [-0.1, -0.05) is 24.3 Å². The van der Waals surface area contributed by atoms with Gasteiger partial charge in [0.25, 0.3) is 0 Å². The third kappa shape index (κ3) is 5.60. The summed E-state index contributed by atoms with van der Waals surface area (Å²) in [6.07, 6.45) is 0. The molecule has 0 unspecified atom stereocenters. The molecule has 0 heterocycles. The Kier molecular flexibility index (Phi) is 6.94. The van der Waals surface area contributed by atoms with Gasteiger partial charge in [-0.2, -0.15) is 11.8 Å². The number of carbonyl (C=O) groups excluding carboxylic acids is 1. The average Bonchev–Trinajstić information content (AvgIpc) is 2.55. The molecule has 2 aromatic carbocycles. The number of halogens is 1. The Labute approximate surface area is 139 Å². The summed E-state index contributed by atoms with van der Waals surface area (Å²) >= 11 is 1.65. The first-order valence-corrected chi connectivity index (χ1v) is 8.52. The van der Waals surface area contributed by atoms with Crippen LogP contribution in [-0.2, 0) is 0 Å². The number of ketones is 1. The van der Waals surface area contributed by atoms with Gasteiger partial charge in [-0.3, -0.25) is 4.79 Å². The molecule has 2 aromatic rings. The first-order valence-electron chi connectivity index (χ1n) is 7.36. The van der Waals surface area contributed by atoms with Gasteiger partial charge in [-0.15, -0.1) is 0 Å². The van der Waals surface area contributed by atoms with Gasteiger partial charge >= 0.3 is 0 Å². The van der Waals surface area contributed by atoms with Gasteiger partial charge in [-0.05, 0) is 31.2 Å². The summed E-state index contributed by atoms with van der Waals surface area (Å²) in [6.45, 7) is 2.47. The molecule has 122 valence electrons. The summed E-state index contributed by atoms with van der Waals surface area (Å²) < 4.78 is 24.3. The van der Waals surface area contributed by atoms with Crippen LogP contribution in [0.4, 0.5) is 4.39 Å². The number of ether oxygens (including phenoxy) is 2. The van der Waals surface area contributed by atoms with E-state index in [0.717, 1.165) is 11.5 Å². The Bertz CT molecular complexity index is 646. The highest BCUT2D eigenvalue weighted by molar-refractivity contribution is 7.99. The molecular formula is C18H19FO3S. The van der Waals surface area contributed by atoms with Gasteiger partial charge in [0.2, 0.25) is 0 Å². The number of para-hydroxylation sites is 2. The minimum absolute atomic E-state index is 0.00783. The average molecular weight is 334 g/mol. The fourth-order valence-corrected chi connectivity index (χ4v) is 2.57. The van der Waals surface area contributed by atoms with E-state index in [2.05, 4.69) is 0 Å². The van der Waals surface area contributed by atoms with E-state index >= 15 is 0 Å². The molecule has 5 heteroatoms. The van der Waals surface area contributed by atoms with Crippen molar-refractivity contribution >= 4 is 17.5 Å². The zero-order valence-corrected chi connectivity index (χ0v) is 13.8. The molecule has 0 bridgehead atoms. The number of thioether (sulfide) groups is 1. The number of Topliss-reactive ketones (excluding diaryl/α,β-unsaturated/α-hetero) is 1. The third-order valence-electron chi connectivity index (χ3n) is 3.07. The summed E-state index contributed by atoms with van der Waals surface area (Å²) in [5, 5.41) is 0. The minimum atomic E-state index is -0.346. The van der Waals surface area contributed by atoms with Crippen molar-refractivity contribution in [3.8, 4) is 11.5 Å². The Balaban J connectivity index is 1.63. The molecule has 0 amide bonds. The fourth-order valence-electron chi connectivity index (χ4n) is 1.97. The summed E-state index contributed by atoms with van der Waals surface area (Å²) in [6, 6.07) is 13.6. The van der Waals surface area contributed by atoms with Crippen LogP contribution in [-0.4, -0.2) is 30.5 Å². The van der Waals surface area contributed by atoms with Crippen molar-refractivity contribution in [3.63, 3.8) is 0 Å². The number of carbonyl (C=O) groups is 1. The van der Waals surface area contributed by atoms with Crippen LogP contribution in [0.3, 0.4) is 0 Å². The van der Waals surface area contributed by atoms with Gasteiger partial charge in [-0.25, -0.2) is 4.39 Å². The number of hydrogen-bond acceptors (Lipinski definition) is 4. The second kappa shape index (κ2) is 9.20. The van der Waals surface area contributed by atoms with Crippen molar-refractivity contribution in [2.75, 3.05) is 24.7 Å². The van der Waals surface area contributed by atoms with Crippen molar-refractivity contribution in [1.82, 2.24) is 0 Å². The third-order valence-corrected chi connectivity index (χ3v) is 3.98. The Morgan fingerprint density at radius 2 is 1.52 bits per heavy atom. The predicted octanol–water partition coefficient (Wildman–Crippen LogP) is 4.22. The van der Waals surface area contributed by atoms with Crippen molar-refractivity contribution in [2.45, 2.75) is 6.92 Å². The van der Waals surface area contributed by atoms with Gasteiger partial charge < -0.3 is 9.47 Å². The summed E-state index contributed by atoms with van der Waals surface area (Å²) in [7, 11) is 0. The molecule has 0 saturated carbocycles. The van der Waals surface area contributed by atoms with Crippen LogP contribution in [0.2, 0.25) is 0 Å². The second-order valence-electron chi connectivity index (χ2n) is 4.79. The maximum Gasteiger partial charge on any atom is 0.165 e. The molecule has 0 aliphatic carbocycles. The SMILES string of the molecule is CC(=O)c1ccccc1OCCSCCOc1ccccc1F. The Morgan fingerprint density at radius 3 is 2.17 bits per heavy atom. The second-order valence-corrected chi connectivity index (χ2v) is 6.02. The van der Waals surface area contributed by atoms with Crippen LogP contribution in [0.15, 0.2) is 48.5 Å². The van der Waals surface area contributed by atoms with E-state index in [1.807, 2.05) is 12.1 Å². The van der Waals surface area contributed by atoms with Crippen molar-refractivity contribution in [3.05, 3.63) is 59.9 Å². The lowest BCUT2D eigenvalue weighted by Crippen LogP contribution is -2.07. The van der Waals surface area contributed by atoms with Gasteiger partial charge in [0.1, 0.15) is 5.75 Å². The first kappa shape index (κ1) is 17.3. The van der Waals surface area contributed by atoms with Gasteiger partial charge in [0.15, 0.2) is 17.3 Å². The van der Waals surface area contributed by atoms with Crippen LogP contribution in [0.1, 0.15) is 17.3 Å². The smallest absolute Gasteiger partial charge is 0.165 e. The quantitative estimate of drug-likeness (QED) is 0.508. The molecule has 3 nitrogen and oxygen atoms in total. The van der Waals surface area contributed by atoms with Crippen LogP contribution in [0.25, 0.3) is 0 Å². The number of benzene rings is 2. The standard InChI is InChI=1S/C18H19FO3S/c1-14(20)15-6-2-4-8-17(15)21-10-12-23-13-11-22-18-9-5-3-7-16(18)19/h2-9H,10-13H2,1H3. The largest absolute Gasteiger partial charge is 0.492 e. The first-order chi connectivity index (χ1) is 11.2. The van der Waals surface area contributed by atoms with E-state index in [4.69, 9.17) is 9.47 Å². The fraction of sp³-hybridized carbons (Fsp3) is 0.278. The van der Waals surface area contributed by atoms with Gasteiger partial charge in [0.05, 0.1) is 18.8 Å². The van der Waals surface area contributed by atoms with Crippen LogP contribution in [0, 0.1) is 5.82 Å². The molecule has 2 rings (SSSR count). The zero-order chi connectivity index (χ0) is 16.5. The maximum absolute atomic E-state index is 13.3. The van der Waals surface area contributed by atoms with E-state index in [1.54, 1.807) is 42.1 Å². The molecule has 0 aromatic heterocycles. The van der Waals surface area contributed by atoms with E-state index in [-0.39, 0.29) is 17.3 Å². The van der Waals surface area contributed by atoms with Crippen LogP contribution < -0.4 is 9.47 Å². The highest BCUT2D eigenvalue weighted by Gasteiger charge is 2.07. The highest BCUT2D eigenvalue weighted by atomic mass is 32.2. The maximum atomic E-state index is 13.3. The highest BCUT2D eigenvalue weighted by Crippen LogP contribution is 2.19. The number of rotatable bonds is 9. The topological polar surface area (TPSA) is 35.5 Å². The molecule has 0 spiro atoms. The lowest BCUT2D eigenvalue weighted by Gasteiger charge is -2.10. The summed E-state index contributed by atoms with van der Waals surface area (Å²) in [4.78, 5) is 11.5. The van der Waals surface area contributed by atoms with Gasteiger partial charge in [0, 0.05) is 11.5 Å². The van der Waals surface area contributed by atoms with Crippen molar-refractivity contribution in [2.24, 2.45) is 0 Å². The lowest BCUT2D eigenvalue weighted by molar-refractivity contribution is 0.101.